The number of amides is 1. The van der Waals surface area contributed by atoms with Crippen molar-refractivity contribution in [3.8, 4) is 11.5 Å². The summed E-state index contributed by atoms with van der Waals surface area (Å²) in [5.41, 5.74) is -0.382. The van der Waals surface area contributed by atoms with Crippen LogP contribution in [0.15, 0.2) is 24.3 Å². The first-order valence-electron chi connectivity index (χ1n) is 7.96. The van der Waals surface area contributed by atoms with Gasteiger partial charge in [-0.2, -0.15) is 0 Å². The van der Waals surface area contributed by atoms with E-state index in [0.717, 1.165) is 24.8 Å². The number of hydrogen-bond acceptors (Lipinski definition) is 4. The van der Waals surface area contributed by atoms with Crippen molar-refractivity contribution in [3.63, 3.8) is 0 Å². The van der Waals surface area contributed by atoms with Crippen LogP contribution in [-0.4, -0.2) is 36.7 Å². The Kier molecular flexibility index (Phi) is 5.84. The van der Waals surface area contributed by atoms with E-state index in [1.54, 1.807) is 31.4 Å². The molecule has 1 aromatic carbocycles. The second kappa shape index (κ2) is 7.86. The molecule has 0 radical (unpaired) electrons. The highest BCUT2D eigenvalue weighted by molar-refractivity contribution is 5.95. The van der Waals surface area contributed by atoms with Gasteiger partial charge in [0, 0.05) is 6.08 Å². The Hall–Kier alpha value is -2.50. The summed E-state index contributed by atoms with van der Waals surface area (Å²) in [6.07, 6.45) is 6.54. The molecular weight excluding hydrogens is 310 g/mol. The van der Waals surface area contributed by atoms with Gasteiger partial charge >= 0.3 is 5.97 Å². The van der Waals surface area contributed by atoms with Crippen LogP contribution >= 0.6 is 0 Å². The molecule has 1 amide bonds. The largest absolute Gasteiger partial charge is 0.493 e. The molecule has 0 saturated heterocycles. The molecule has 1 fully saturated rings. The Morgan fingerprint density at radius 2 is 1.79 bits per heavy atom. The van der Waals surface area contributed by atoms with Crippen molar-refractivity contribution >= 4 is 18.0 Å². The highest BCUT2D eigenvalue weighted by Crippen LogP contribution is 2.29. The van der Waals surface area contributed by atoms with Gasteiger partial charge in [-0.3, -0.25) is 4.79 Å². The summed E-state index contributed by atoms with van der Waals surface area (Å²) in [4.78, 5) is 23.7. The number of carboxylic acids is 1. The SMILES string of the molecule is COc1ccc(/C=C/C(=O)NC2(C(=O)O)CCCCC2)cc1OC. The molecule has 1 aliphatic carbocycles. The van der Waals surface area contributed by atoms with Crippen molar-refractivity contribution in [1.29, 1.82) is 0 Å². The molecule has 1 aromatic rings. The van der Waals surface area contributed by atoms with Crippen LogP contribution < -0.4 is 14.8 Å². The Morgan fingerprint density at radius 3 is 2.38 bits per heavy atom. The van der Waals surface area contributed by atoms with E-state index in [0.29, 0.717) is 24.3 Å². The summed E-state index contributed by atoms with van der Waals surface area (Å²) >= 11 is 0. The third-order valence-corrected chi connectivity index (χ3v) is 4.31. The summed E-state index contributed by atoms with van der Waals surface area (Å²) in [5, 5.41) is 12.2. The number of hydrogen-bond donors (Lipinski definition) is 2. The molecular formula is C18H23NO5. The first kappa shape index (κ1) is 17.8. The highest BCUT2D eigenvalue weighted by atomic mass is 16.5. The number of aliphatic carboxylic acids is 1. The Morgan fingerprint density at radius 1 is 1.12 bits per heavy atom. The van der Waals surface area contributed by atoms with E-state index in [9.17, 15) is 14.7 Å². The molecule has 0 aromatic heterocycles. The van der Waals surface area contributed by atoms with Crippen LogP contribution in [0.1, 0.15) is 37.7 Å². The minimum atomic E-state index is -1.14. The predicted octanol–water partition coefficient (Wildman–Crippen LogP) is 2.62. The predicted molar refractivity (Wildman–Crippen MR) is 90.2 cm³/mol. The molecule has 2 rings (SSSR count). The molecule has 0 heterocycles. The quantitative estimate of drug-likeness (QED) is 0.782. The lowest BCUT2D eigenvalue weighted by Crippen LogP contribution is -2.55. The molecule has 6 heteroatoms. The summed E-state index contributed by atoms with van der Waals surface area (Å²) < 4.78 is 10.4. The molecule has 1 saturated carbocycles. The van der Waals surface area contributed by atoms with Gasteiger partial charge in [-0.05, 0) is 36.6 Å². The number of carbonyl (C=O) groups is 2. The maximum Gasteiger partial charge on any atom is 0.329 e. The molecule has 24 heavy (non-hydrogen) atoms. The van der Waals surface area contributed by atoms with Crippen LogP contribution in [0.25, 0.3) is 6.08 Å². The molecule has 130 valence electrons. The van der Waals surface area contributed by atoms with Gasteiger partial charge in [-0.25, -0.2) is 4.79 Å². The minimum Gasteiger partial charge on any atom is -0.493 e. The molecule has 1 aliphatic rings. The molecule has 0 spiro atoms. The Bertz CT molecular complexity index is 632. The van der Waals surface area contributed by atoms with Gasteiger partial charge < -0.3 is 19.9 Å². The van der Waals surface area contributed by atoms with Crippen molar-refractivity contribution in [2.24, 2.45) is 0 Å². The number of carbonyl (C=O) groups excluding carboxylic acids is 1. The molecule has 0 bridgehead atoms. The van der Waals surface area contributed by atoms with Crippen LogP contribution in [0.2, 0.25) is 0 Å². The fourth-order valence-corrected chi connectivity index (χ4v) is 2.95. The maximum absolute atomic E-state index is 12.2. The van der Waals surface area contributed by atoms with E-state index in [1.807, 2.05) is 0 Å². The van der Waals surface area contributed by atoms with Crippen LogP contribution in [-0.2, 0) is 9.59 Å². The van der Waals surface area contributed by atoms with E-state index < -0.39 is 17.4 Å². The smallest absolute Gasteiger partial charge is 0.329 e. The standard InChI is InChI=1S/C18H23NO5/c1-23-14-8-6-13(12-15(14)24-2)7-9-16(20)19-18(17(21)22)10-4-3-5-11-18/h6-9,12H,3-5,10-11H2,1-2H3,(H,19,20)(H,21,22)/b9-7+. The lowest BCUT2D eigenvalue weighted by atomic mass is 9.81. The number of nitrogens with one attached hydrogen (secondary N) is 1. The molecule has 6 nitrogen and oxygen atoms in total. The molecule has 0 unspecified atom stereocenters. The van der Waals surface area contributed by atoms with E-state index in [4.69, 9.17) is 9.47 Å². The average molecular weight is 333 g/mol. The zero-order chi connectivity index (χ0) is 17.6. The fourth-order valence-electron chi connectivity index (χ4n) is 2.95. The lowest BCUT2D eigenvalue weighted by molar-refractivity contribution is -0.148. The number of rotatable bonds is 6. The number of benzene rings is 1. The zero-order valence-corrected chi connectivity index (χ0v) is 14.0. The monoisotopic (exact) mass is 333 g/mol. The van der Waals surface area contributed by atoms with Gasteiger partial charge in [0.25, 0.3) is 0 Å². The summed E-state index contributed by atoms with van der Waals surface area (Å²) in [6, 6.07) is 5.28. The van der Waals surface area contributed by atoms with Crippen molar-refractivity contribution in [1.82, 2.24) is 5.32 Å². The summed E-state index contributed by atoms with van der Waals surface area (Å²) in [7, 11) is 3.09. The third-order valence-electron chi connectivity index (χ3n) is 4.31. The average Bonchev–Trinajstić information content (AvgIpc) is 2.60. The topological polar surface area (TPSA) is 84.9 Å². The van der Waals surface area contributed by atoms with Crippen molar-refractivity contribution in [2.45, 2.75) is 37.6 Å². The van der Waals surface area contributed by atoms with Gasteiger partial charge in [0.1, 0.15) is 5.54 Å². The van der Waals surface area contributed by atoms with Gasteiger partial charge in [0.05, 0.1) is 14.2 Å². The molecule has 0 aliphatic heterocycles. The number of ether oxygens (including phenoxy) is 2. The Balaban J connectivity index is 2.08. The first-order chi connectivity index (χ1) is 11.5. The van der Waals surface area contributed by atoms with Crippen LogP contribution in [0.3, 0.4) is 0 Å². The van der Waals surface area contributed by atoms with Crippen LogP contribution in [0, 0.1) is 0 Å². The van der Waals surface area contributed by atoms with Gasteiger partial charge in [-0.15, -0.1) is 0 Å². The first-order valence-corrected chi connectivity index (χ1v) is 7.96. The molecule has 2 N–H and O–H groups in total. The van der Waals surface area contributed by atoms with Crippen LogP contribution in [0.4, 0.5) is 0 Å². The van der Waals surface area contributed by atoms with Crippen molar-refractivity contribution in [2.75, 3.05) is 14.2 Å². The fraction of sp³-hybridized carbons (Fsp3) is 0.444. The normalized spacial score (nSPS) is 16.6. The second-order valence-electron chi connectivity index (χ2n) is 5.88. The van der Waals surface area contributed by atoms with E-state index in [1.165, 1.54) is 13.2 Å². The summed E-state index contributed by atoms with van der Waals surface area (Å²) in [5.74, 6) is -0.204. The molecule has 0 atom stereocenters. The van der Waals surface area contributed by atoms with Crippen LogP contribution in [0.5, 0.6) is 11.5 Å². The zero-order valence-electron chi connectivity index (χ0n) is 14.0. The van der Waals surface area contributed by atoms with Gasteiger partial charge in [0.15, 0.2) is 11.5 Å². The van der Waals surface area contributed by atoms with Gasteiger partial charge in [-0.1, -0.05) is 25.3 Å². The third kappa shape index (κ3) is 4.07. The van der Waals surface area contributed by atoms with Gasteiger partial charge in [0.2, 0.25) is 5.91 Å². The van der Waals surface area contributed by atoms with E-state index >= 15 is 0 Å². The maximum atomic E-state index is 12.2. The summed E-state index contributed by atoms with van der Waals surface area (Å²) in [6.45, 7) is 0. The van der Waals surface area contributed by atoms with Crippen molar-refractivity contribution < 1.29 is 24.2 Å². The number of methoxy groups -OCH3 is 2. The van der Waals surface area contributed by atoms with Crippen molar-refractivity contribution in [3.05, 3.63) is 29.8 Å². The van der Waals surface area contributed by atoms with E-state index in [2.05, 4.69) is 5.32 Å². The van der Waals surface area contributed by atoms with E-state index in [-0.39, 0.29) is 0 Å². The lowest BCUT2D eigenvalue weighted by Gasteiger charge is -2.33. The highest BCUT2D eigenvalue weighted by Gasteiger charge is 2.40. The number of carboxylic acid groups (broad SMARTS) is 1. The Labute approximate surface area is 141 Å². The second-order valence-corrected chi connectivity index (χ2v) is 5.88. The minimum absolute atomic E-state index is 0.408.